The lowest BCUT2D eigenvalue weighted by Gasteiger charge is -2.09. The molecule has 1 rings (SSSR count). The van der Waals surface area contributed by atoms with Crippen LogP contribution in [-0.4, -0.2) is 34.9 Å². The lowest BCUT2D eigenvalue weighted by Crippen LogP contribution is -2.31. The number of amides is 2. The average Bonchev–Trinajstić information content (AvgIpc) is 2.45. The molecule has 0 fully saturated rings. The molecule has 6 nitrogen and oxygen atoms in total. The Morgan fingerprint density at radius 1 is 1.29 bits per heavy atom. The predicted octanol–water partition coefficient (Wildman–Crippen LogP) is 1.90. The molecular formula is C14H21ClN4O2. The molecule has 2 amide bonds. The van der Waals surface area contributed by atoms with Gasteiger partial charge in [0.15, 0.2) is 0 Å². The Morgan fingerprint density at radius 3 is 2.62 bits per heavy atom. The maximum absolute atomic E-state index is 12.0. The van der Waals surface area contributed by atoms with E-state index >= 15 is 0 Å². The van der Waals surface area contributed by atoms with Crippen molar-refractivity contribution in [2.75, 3.05) is 13.1 Å². The highest BCUT2D eigenvalue weighted by Crippen LogP contribution is 2.16. The van der Waals surface area contributed by atoms with Gasteiger partial charge in [-0.25, -0.2) is 9.97 Å². The Balaban J connectivity index is 2.56. The van der Waals surface area contributed by atoms with Gasteiger partial charge in [0.2, 0.25) is 5.91 Å². The maximum atomic E-state index is 12.0. The highest BCUT2D eigenvalue weighted by molar-refractivity contribution is 6.33. The number of halogens is 1. The minimum Gasteiger partial charge on any atom is -0.356 e. The van der Waals surface area contributed by atoms with E-state index in [1.54, 1.807) is 0 Å². The number of hydrogen-bond donors (Lipinski definition) is 2. The number of hydrogen-bond acceptors (Lipinski definition) is 4. The topological polar surface area (TPSA) is 84.0 Å². The van der Waals surface area contributed by atoms with Crippen molar-refractivity contribution in [3.8, 4) is 0 Å². The number of carbonyl (C=O) groups is 2. The largest absolute Gasteiger partial charge is 0.356 e. The number of nitrogens with zero attached hydrogens (tertiary/aromatic N) is 2. The van der Waals surface area contributed by atoms with Crippen LogP contribution in [-0.2, 0) is 4.79 Å². The van der Waals surface area contributed by atoms with E-state index in [1.165, 1.54) is 6.20 Å². The second-order valence-electron chi connectivity index (χ2n) is 4.94. The third-order valence-corrected chi connectivity index (χ3v) is 2.98. The summed E-state index contributed by atoms with van der Waals surface area (Å²) in [6.45, 7) is 6.73. The summed E-state index contributed by atoms with van der Waals surface area (Å²) in [5.41, 5.74) is 0.143. The van der Waals surface area contributed by atoms with Crippen LogP contribution in [0.3, 0.4) is 0 Å². The molecule has 0 aliphatic carbocycles. The second-order valence-corrected chi connectivity index (χ2v) is 5.34. The summed E-state index contributed by atoms with van der Waals surface area (Å²) >= 11 is 5.94. The van der Waals surface area contributed by atoms with Gasteiger partial charge >= 0.3 is 0 Å². The summed E-state index contributed by atoms with van der Waals surface area (Å²) in [7, 11) is 0. The fourth-order valence-electron chi connectivity index (χ4n) is 1.54. The molecule has 1 heterocycles. The molecule has 0 saturated carbocycles. The molecule has 0 bridgehead atoms. The van der Waals surface area contributed by atoms with Gasteiger partial charge in [0, 0.05) is 25.4 Å². The molecule has 116 valence electrons. The van der Waals surface area contributed by atoms with E-state index in [-0.39, 0.29) is 35.5 Å². The van der Waals surface area contributed by atoms with Crippen molar-refractivity contribution in [3.63, 3.8) is 0 Å². The summed E-state index contributed by atoms with van der Waals surface area (Å²) in [5, 5.41) is 5.58. The first-order valence-electron chi connectivity index (χ1n) is 7.03. The first-order chi connectivity index (χ1) is 9.95. The van der Waals surface area contributed by atoms with E-state index in [0.717, 1.165) is 6.42 Å². The van der Waals surface area contributed by atoms with Gasteiger partial charge in [0.1, 0.15) is 11.5 Å². The van der Waals surface area contributed by atoms with Gasteiger partial charge in [-0.1, -0.05) is 32.4 Å². The summed E-state index contributed by atoms with van der Waals surface area (Å²) in [6, 6.07) is 0. The van der Waals surface area contributed by atoms with E-state index in [2.05, 4.69) is 20.6 Å². The molecule has 0 unspecified atom stereocenters. The number of carbonyl (C=O) groups excluding carboxylic acids is 2. The van der Waals surface area contributed by atoms with Gasteiger partial charge < -0.3 is 10.6 Å². The van der Waals surface area contributed by atoms with Gasteiger partial charge in [-0.3, -0.25) is 9.59 Å². The summed E-state index contributed by atoms with van der Waals surface area (Å²) < 4.78 is 0. The van der Waals surface area contributed by atoms with Crippen molar-refractivity contribution in [1.29, 1.82) is 0 Å². The molecule has 0 spiro atoms. The Morgan fingerprint density at radius 2 is 2.00 bits per heavy atom. The molecule has 21 heavy (non-hydrogen) atoms. The molecule has 0 aliphatic rings. The van der Waals surface area contributed by atoms with Gasteiger partial charge in [-0.15, -0.1) is 0 Å². The van der Waals surface area contributed by atoms with Crippen LogP contribution in [0.25, 0.3) is 0 Å². The van der Waals surface area contributed by atoms with Crippen LogP contribution in [0, 0.1) is 0 Å². The Labute approximate surface area is 129 Å². The monoisotopic (exact) mass is 312 g/mol. The Kier molecular flexibility index (Phi) is 7.08. The normalized spacial score (nSPS) is 10.5. The van der Waals surface area contributed by atoms with Crippen molar-refractivity contribution < 1.29 is 9.59 Å². The highest BCUT2D eigenvalue weighted by atomic mass is 35.5. The second kappa shape index (κ2) is 8.56. The fraction of sp³-hybridized carbons (Fsp3) is 0.571. The molecule has 0 saturated heterocycles. The lowest BCUT2D eigenvalue weighted by atomic mass is 10.2. The molecule has 0 aliphatic heterocycles. The highest BCUT2D eigenvalue weighted by Gasteiger charge is 2.15. The Hall–Kier alpha value is -1.69. The summed E-state index contributed by atoms with van der Waals surface area (Å²) in [4.78, 5) is 31.7. The minimum atomic E-state index is -0.396. The summed E-state index contributed by atoms with van der Waals surface area (Å²) in [5.74, 6) is 0.181. The number of nitrogens with one attached hydrogen (secondary N) is 2. The zero-order valence-corrected chi connectivity index (χ0v) is 13.3. The van der Waals surface area contributed by atoms with Gasteiger partial charge in [-0.05, 0) is 6.42 Å². The van der Waals surface area contributed by atoms with Crippen LogP contribution in [0.4, 0.5) is 0 Å². The summed E-state index contributed by atoms with van der Waals surface area (Å²) in [6.07, 6.45) is 2.53. The SMILES string of the molecule is CCCNC(=O)CCNC(=O)c1nc(C(C)C)ncc1Cl. The molecule has 0 atom stereocenters. The van der Waals surface area contributed by atoms with Crippen molar-refractivity contribution in [2.24, 2.45) is 0 Å². The zero-order chi connectivity index (χ0) is 15.8. The van der Waals surface area contributed by atoms with Crippen LogP contribution in [0.15, 0.2) is 6.20 Å². The first-order valence-corrected chi connectivity index (χ1v) is 7.40. The average molecular weight is 313 g/mol. The van der Waals surface area contributed by atoms with Crippen molar-refractivity contribution in [3.05, 3.63) is 22.7 Å². The predicted molar refractivity (Wildman–Crippen MR) is 81.4 cm³/mol. The lowest BCUT2D eigenvalue weighted by molar-refractivity contribution is -0.120. The van der Waals surface area contributed by atoms with Crippen molar-refractivity contribution >= 4 is 23.4 Å². The van der Waals surface area contributed by atoms with Gasteiger partial charge in [0.05, 0.1) is 11.2 Å². The standard InChI is InChI=1S/C14H21ClN4O2/c1-4-6-16-11(20)5-7-17-14(21)12-10(15)8-18-13(19-12)9(2)3/h8-9H,4-7H2,1-3H3,(H,16,20)(H,17,21). The molecule has 0 aromatic carbocycles. The third-order valence-electron chi connectivity index (χ3n) is 2.70. The minimum absolute atomic E-state index is 0.0891. The van der Waals surface area contributed by atoms with Crippen LogP contribution in [0.2, 0.25) is 5.02 Å². The first kappa shape index (κ1) is 17.4. The van der Waals surface area contributed by atoms with Crippen LogP contribution in [0.1, 0.15) is 55.8 Å². The number of aromatic nitrogens is 2. The van der Waals surface area contributed by atoms with Crippen LogP contribution in [0.5, 0.6) is 0 Å². The molecular weight excluding hydrogens is 292 g/mol. The van der Waals surface area contributed by atoms with E-state index in [4.69, 9.17) is 11.6 Å². The molecule has 1 aromatic rings. The molecule has 7 heteroatoms. The van der Waals surface area contributed by atoms with Crippen molar-refractivity contribution in [1.82, 2.24) is 20.6 Å². The molecule has 1 aromatic heterocycles. The van der Waals surface area contributed by atoms with Gasteiger partial charge in [0.25, 0.3) is 5.91 Å². The maximum Gasteiger partial charge on any atom is 0.271 e. The van der Waals surface area contributed by atoms with E-state index in [0.29, 0.717) is 12.4 Å². The van der Waals surface area contributed by atoms with E-state index in [1.807, 2.05) is 20.8 Å². The number of rotatable bonds is 7. The fourth-order valence-corrected chi connectivity index (χ4v) is 1.72. The quantitative estimate of drug-likeness (QED) is 0.805. The van der Waals surface area contributed by atoms with E-state index < -0.39 is 5.91 Å². The van der Waals surface area contributed by atoms with Crippen molar-refractivity contribution in [2.45, 2.75) is 39.5 Å². The van der Waals surface area contributed by atoms with E-state index in [9.17, 15) is 9.59 Å². The zero-order valence-electron chi connectivity index (χ0n) is 12.6. The molecule has 2 N–H and O–H groups in total. The van der Waals surface area contributed by atoms with Gasteiger partial charge in [-0.2, -0.15) is 0 Å². The third kappa shape index (κ3) is 5.67. The molecule has 0 radical (unpaired) electrons. The van der Waals surface area contributed by atoms with Crippen LogP contribution < -0.4 is 10.6 Å². The van der Waals surface area contributed by atoms with Crippen LogP contribution >= 0.6 is 11.6 Å². The Bertz CT molecular complexity index is 506. The smallest absolute Gasteiger partial charge is 0.271 e.